The van der Waals surface area contributed by atoms with E-state index in [9.17, 15) is 9.18 Å². The summed E-state index contributed by atoms with van der Waals surface area (Å²) in [5.74, 6) is -0.475. The van der Waals surface area contributed by atoms with Gasteiger partial charge in [-0.1, -0.05) is 42.5 Å². The molecule has 7 heteroatoms. The molecule has 0 atom stereocenters. The van der Waals surface area contributed by atoms with E-state index >= 15 is 0 Å². The van der Waals surface area contributed by atoms with Crippen LogP contribution >= 0.6 is 11.3 Å². The van der Waals surface area contributed by atoms with Crippen molar-refractivity contribution >= 4 is 17.2 Å². The van der Waals surface area contributed by atoms with Gasteiger partial charge in [-0.3, -0.25) is 9.69 Å². The van der Waals surface area contributed by atoms with Gasteiger partial charge in [0.1, 0.15) is 10.8 Å². The van der Waals surface area contributed by atoms with Gasteiger partial charge in [0.2, 0.25) is 5.91 Å². The Hall–Kier alpha value is -2.61. The van der Waals surface area contributed by atoms with Gasteiger partial charge < -0.3 is 10.2 Å². The molecular formula is C24H27FN4OS. The van der Waals surface area contributed by atoms with Crippen molar-refractivity contribution in [1.82, 2.24) is 20.1 Å². The monoisotopic (exact) mass is 438 g/mol. The minimum Gasteiger partial charge on any atom is -0.352 e. The van der Waals surface area contributed by atoms with Crippen LogP contribution in [0.15, 0.2) is 53.9 Å². The van der Waals surface area contributed by atoms with Crippen LogP contribution in [-0.2, 0) is 24.3 Å². The molecule has 1 fully saturated rings. The fraction of sp³-hybridized carbons (Fsp3) is 0.333. The lowest BCUT2D eigenvalue weighted by atomic mass is 10.1. The van der Waals surface area contributed by atoms with Crippen molar-refractivity contribution in [3.63, 3.8) is 0 Å². The molecule has 1 amide bonds. The molecule has 162 valence electrons. The normalized spacial score (nSPS) is 15.2. The summed E-state index contributed by atoms with van der Waals surface area (Å²) in [5, 5.41) is 5.58. The molecule has 2 aromatic carbocycles. The quantitative estimate of drug-likeness (QED) is 0.613. The number of hydrogen-bond donors (Lipinski definition) is 1. The number of carbonyl (C=O) groups excluding carboxylic acids is 1. The van der Waals surface area contributed by atoms with Crippen LogP contribution in [0.2, 0.25) is 0 Å². The van der Waals surface area contributed by atoms with E-state index in [0.29, 0.717) is 5.56 Å². The second kappa shape index (κ2) is 10.1. The number of thiazole rings is 1. The van der Waals surface area contributed by atoms with Crippen LogP contribution in [0.5, 0.6) is 0 Å². The highest BCUT2D eigenvalue weighted by molar-refractivity contribution is 7.13. The summed E-state index contributed by atoms with van der Waals surface area (Å²) in [4.78, 5) is 21.7. The summed E-state index contributed by atoms with van der Waals surface area (Å²) in [5.41, 5.74) is 3.57. The molecule has 5 nitrogen and oxygen atoms in total. The minimum atomic E-state index is -0.310. The molecule has 1 aliphatic heterocycles. The number of piperazine rings is 1. The van der Waals surface area contributed by atoms with E-state index in [1.54, 1.807) is 18.2 Å². The Morgan fingerprint density at radius 3 is 2.58 bits per heavy atom. The van der Waals surface area contributed by atoms with Crippen molar-refractivity contribution in [2.45, 2.75) is 19.5 Å². The first kappa shape index (κ1) is 21.6. The van der Waals surface area contributed by atoms with Crippen molar-refractivity contribution in [2.75, 3.05) is 33.2 Å². The minimum absolute atomic E-state index is 0.164. The molecule has 1 N–H and O–H groups in total. The molecule has 2 heterocycles. The van der Waals surface area contributed by atoms with E-state index in [1.165, 1.54) is 23.0 Å². The third kappa shape index (κ3) is 5.97. The van der Waals surface area contributed by atoms with Gasteiger partial charge in [-0.15, -0.1) is 11.3 Å². The van der Waals surface area contributed by atoms with E-state index < -0.39 is 0 Å². The van der Waals surface area contributed by atoms with Crippen LogP contribution in [0, 0.1) is 5.82 Å². The summed E-state index contributed by atoms with van der Waals surface area (Å²) < 4.78 is 13.7. The molecule has 1 aliphatic rings. The van der Waals surface area contributed by atoms with Gasteiger partial charge in [0, 0.05) is 55.8 Å². The second-order valence-corrected chi connectivity index (χ2v) is 8.82. The van der Waals surface area contributed by atoms with Crippen molar-refractivity contribution in [2.24, 2.45) is 0 Å². The number of nitrogens with zero attached hydrogens (tertiary/aromatic N) is 3. The number of benzene rings is 2. The molecule has 0 spiro atoms. The molecule has 0 unspecified atom stereocenters. The summed E-state index contributed by atoms with van der Waals surface area (Å²) in [6.45, 7) is 5.60. The zero-order valence-electron chi connectivity index (χ0n) is 17.7. The van der Waals surface area contributed by atoms with Gasteiger partial charge >= 0.3 is 0 Å². The van der Waals surface area contributed by atoms with Gasteiger partial charge in [-0.25, -0.2) is 9.37 Å². The summed E-state index contributed by atoms with van der Waals surface area (Å²) in [7, 11) is 2.17. The number of amides is 1. The summed E-state index contributed by atoms with van der Waals surface area (Å²) in [6, 6.07) is 15.0. The Morgan fingerprint density at radius 2 is 1.84 bits per heavy atom. The average molecular weight is 439 g/mol. The summed E-state index contributed by atoms with van der Waals surface area (Å²) >= 11 is 1.54. The lowest BCUT2D eigenvalue weighted by Crippen LogP contribution is -2.43. The van der Waals surface area contributed by atoms with Gasteiger partial charge in [-0.2, -0.15) is 0 Å². The van der Waals surface area contributed by atoms with E-state index in [1.807, 2.05) is 5.38 Å². The zero-order chi connectivity index (χ0) is 21.6. The highest BCUT2D eigenvalue weighted by atomic mass is 32.1. The Morgan fingerprint density at radius 1 is 1.10 bits per heavy atom. The van der Waals surface area contributed by atoms with E-state index in [2.05, 4.69) is 51.4 Å². The molecule has 31 heavy (non-hydrogen) atoms. The van der Waals surface area contributed by atoms with Gasteiger partial charge in [-0.05, 0) is 18.7 Å². The van der Waals surface area contributed by atoms with Crippen LogP contribution in [0.25, 0.3) is 10.6 Å². The molecular weight excluding hydrogens is 411 g/mol. The SMILES string of the molecule is CN1CCN(Cc2ccc(-c3nc(CC(=O)NCc4ccccc4F)cs3)cc2)CC1. The standard InChI is InChI=1S/C24H27FN4OS/c1-28-10-12-29(13-11-28)16-18-6-8-19(9-7-18)24-27-21(17-31-24)14-23(30)26-15-20-4-2-3-5-22(20)25/h2-9,17H,10-16H2,1H3,(H,26,30). The Bertz CT molecular complexity index is 1010. The van der Waals surface area contributed by atoms with Crippen LogP contribution < -0.4 is 5.32 Å². The van der Waals surface area contributed by atoms with Crippen molar-refractivity contribution < 1.29 is 9.18 Å². The van der Waals surface area contributed by atoms with Crippen LogP contribution in [-0.4, -0.2) is 53.9 Å². The van der Waals surface area contributed by atoms with Gasteiger partial charge in [0.25, 0.3) is 0 Å². The van der Waals surface area contributed by atoms with E-state index in [-0.39, 0.29) is 24.7 Å². The molecule has 0 saturated carbocycles. The lowest BCUT2D eigenvalue weighted by molar-refractivity contribution is -0.120. The first-order chi connectivity index (χ1) is 15.1. The number of aromatic nitrogens is 1. The number of nitrogens with one attached hydrogen (secondary N) is 1. The highest BCUT2D eigenvalue weighted by Crippen LogP contribution is 2.24. The molecule has 0 aliphatic carbocycles. The highest BCUT2D eigenvalue weighted by Gasteiger charge is 2.14. The zero-order valence-corrected chi connectivity index (χ0v) is 18.5. The molecule has 1 aromatic heterocycles. The van der Waals surface area contributed by atoms with Gasteiger partial charge in [0.05, 0.1) is 12.1 Å². The fourth-order valence-electron chi connectivity index (χ4n) is 3.60. The third-order valence-electron chi connectivity index (χ3n) is 5.53. The number of halogens is 1. The van der Waals surface area contributed by atoms with E-state index in [0.717, 1.165) is 49.0 Å². The predicted octanol–water partition coefficient (Wildman–Crippen LogP) is 3.56. The predicted molar refractivity (Wildman–Crippen MR) is 122 cm³/mol. The Labute approximate surface area is 186 Å². The summed E-state index contributed by atoms with van der Waals surface area (Å²) in [6.07, 6.45) is 0.187. The molecule has 1 saturated heterocycles. The Kier molecular flexibility index (Phi) is 7.06. The number of rotatable bonds is 7. The third-order valence-corrected chi connectivity index (χ3v) is 6.47. The molecule has 4 rings (SSSR count). The van der Waals surface area contributed by atoms with Crippen LogP contribution in [0.3, 0.4) is 0 Å². The van der Waals surface area contributed by atoms with Crippen molar-refractivity contribution in [3.05, 3.63) is 76.5 Å². The average Bonchev–Trinajstić information content (AvgIpc) is 3.24. The van der Waals surface area contributed by atoms with Crippen LogP contribution in [0.4, 0.5) is 4.39 Å². The fourth-order valence-corrected chi connectivity index (χ4v) is 4.43. The number of likely N-dealkylation sites (N-methyl/N-ethyl adjacent to an activating group) is 1. The number of carbonyl (C=O) groups is 1. The maximum Gasteiger partial charge on any atom is 0.226 e. The van der Waals surface area contributed by atoms with Crippen LogP contribution in [0.1, 0.15) is 16.8 Å². The molecule has 0 radical (unpaired) electrons. The van der Waals surface area contributed by atoms with E-state index in [4.69, 9.17) is 0 Å². The second-order valence-electron chi connectivity index (χ2n) is 7.97. The maximum atomic E-state index is 13.7. The smallest absolute Gasteiger partial charge is 0.226 e. The lowest BCUT2D eigenvalue weighted by Gasteiger charge is -2.32. The number of hydrogen-bond acceptors (Lipinski definition) is 5. The van der Waals surface area contributed by atoms with Crippen molar-refractivity contribution in [3.8, 4) is 10.6 Å². The molecule has 3 aromatic rings. The topological polar surface area (TPSA) is 48.5 Å². The van der Waals surface area contributed by atoms with Gasteiger partial charge in [0.15, 0.2) is 0 Å². The Balaban J connectivity index is 1.30. The largest absolute Gasteiger partial charge is 0.352 e. The first-order valence-electron chi connectivity index (χ1n) is 10.5. The molecule has 0 bridgehead atoms. The first-order valence-corrected chi connectivity index (χ1v) is 11.4. The maximum absolute atomic E-state index is 13.7. The van der Waals surface area contributed by atoms with Crippen molar-refractivity contribution in [1.29, 1.82) is 0 Å².